The zero-order chi connectivity index (χ0) is 16.8. The molecule has 0 atom stereocenters. The summed E-state index contributed by atoms with van der Waals surface area (Å²) < 4.78 is 44.2. The molecule has 0 saturated carbocycles. The number of rotatable bonds is 4. The Morgan fingerprint density at radius 3 is 2.23 bits per heavy atom. The summed E-state index contributed by atoms with van der Waals surface area (Å²) in [5.74, 6) is 0.684. The summed E-state index contributed by atoms with van der Waals surface area (Å²) in [4.78, 5) is 0. The van der Waals surface area contributed by atoms with Gasteiger partial charge in [0.2, 0.25) is 0 Å². The Morgan fingerprint density at radius 2 is 1.77 bits per heavy atom. The Kier molecular flexibility index (Phi) is 6.42. The van der Waals surface area contributed by atoms with Gasteiger partial charge in [-0.25, -0.2) is 0 Å². The van der Waals surface area contributed by atoms with Crippen LogP contribution >= 0.6 is 0 Å². The van der Waals surface area contributed by atoms with E-state index in [-0.39, 0.29) is 13.1 Å². The number of benzene rings is 1. The average molecular weight is 315 g/mol. The second kappa shape index (κ2) is 7.84. The fourth-order valence-corrected chi connectivity index (χ4v) is 1.80. The maximum atomic E-state index is 12.6. The van der Waals surface area contributed by atoms with Crippen molar-refractivity contribution in [3.05, 3.63) is 47.3 Å². The molecule has 1 heterocycles. The molecule has 2 aromatic rings. The lowest BCUT2D eigenvalue weighted by Crippen LogP contribution is -2.11. The fraction of sp³-hybridized carbons (Fsp3) is 0.400. The first-order valence-corrected chi connectivity index (χ1v) is 6.91. The van der Waals surface area contributed by atoms with Gasteiger partial charge < -0.3 is 10.5 Å². The fourth-order valence-electron chi connectivity index (χ4n) is 1.80. The summed E-state index contributed by atoms with van der Waals surface area (Å²) in [6.07, 6.45) is -4.46. The van der Waals surface area contributed by atoms with Crippen molar-refractivity contribution in [3.8, 4) is 5.75 Å². The van der Waals surface area contributed by atoms with Gasteiger partial charge in [-0.2, -0.15) is 18.3 Å². The van der Waals surface area contributed by atoms with E-state index in [4.69, 9.17) is 10.5 Å². The number of methoxy groups -OCH3 is 1. The number of nitrogens with two attached hydrogens (primary N) is 1. The summed E-state index contributed by atoms with van der Waals surface area (Å²) in [5, 5.41) is 3.57. The number of ether oxygens (including phenoxy) is 1. The van der Waals surface area contributed by atoms with Crippen molar-refractivity contribution < 1.29 is 17.9 Å². The zero-order valence-electron chi connectivity index (χ0n) is 12.8. The molecule has 0 aliphatic heterocycles. The molecule has 1 aromatic carbocycles. The van der Waals surface area contributed by atoms with E-state index in [1.54, 1.807) is 31.4 Å². The first kappa shape index (κ1) is 18.0. The second-order valence-corrected chi connectivity index (χ2v) is 4.23. The van der Waals surface area contributed by atoms with Crippen molar-refractivity contribution in [1.29, 1.82) is 0 Å². The predicted molar refractivity (Wildman–Crippen MR) is 78.6 cm³/mol. The number of nitrogens with zero attached hydrogens (tertiary/aromatic N) is 2. The van der Waals surface area contributed by atoms with E-state index in [2.05, 4.69) is 5.10 Å². The van der Waals surface area contributed by atoms with Crippen LogP contribution in [0.25, 0.3) is 0 Å². The molecular weight excluding hydrogens is 295 g/mol. The van der Waals surface area contributed by atoms with E-state index in [9.17, 15) is 13.2 Å². The summed E-state index contributed by atoms with van der Waals surface area (Å²) in [6.45, 7) is 4.23. The van der Waals surface area contributed by atoms with E-state index in [0.29, 0.717) is 11.4 Å². The van der Waals surface area contributed by atoms with Crippen molar-refractivity contribution >= 4 is 0 Å². The molecule has 0 aliphatic carbocycles. The molecule has 0 spiro atoms. The Balaban J connectivity index is 0.00000116. The van der Waals surface area contributed by atoms with Gasteiger partial charge in [0.15, 0.2) is 5.69 Å². The third-order valence-corrected chi connectivity index (χ3v) is 2.85. The molecule has 1 aromatic heterocycles. The molecule has 4 nitrogen and oxygen atoms in total. The molecule has 0 bridgehead atoms. The van der Waals surface area contributed by atoms with Crippen molar-refractivity contribution in [2.75, 3.05) is 7.11 Å². The molecule has 0 unspecified atom stereocenters. The highest BCUT2D eigenvalue weighted by molar-refractivity contribution is 5.27. The van der Waals surface area contributed by atoms with Crippen LogP contribution in [0.1, 0.15) is 30.8 Å². The summed E-state index contributed by atoms with van der Waals surface area (Å²) in [6, 6.07) is 8.00. The van der Waals surface area contributed by atoms with E-state index in [1.165, 1.54) is 4.68 Å². The Labute approximate surface area is 127 Å². The van der Waals surface area contributed by atoms with Crippen molar-refractivity contribution in [3.63, 3.8) is 0 Å². The van der Waals surface area contributed by atoms with E-state index < -0.39 is 11.9 Å². The van der Waals surface area contributed by atoms with Crippen LogP contribution in [0.15, 0.2) is 30.3 Å². The van der Waals surface area contributed by atoms with Crippen molar-refractivity contribution in [2.45, 2.75) is 33.1 Å². The van der Waals surface area contributed by atoms with Crippen LogP contribution in [0.3, 0.4) is 0 Å². The molecule has 0 radical (unpaired) electrons. The predicted octanol–water partition coefficient (Wildman–Crippen LogP) is 3.44. The largest absolute Gasteiger partial charge is 0.497 e. The molecule has 2 N–H and O–H groups in total. The van der Waals surface area contributed by atoms with Gasteiger partial charge in [-0.15, -0.1) is 0 Å². The SMILES string of the molecule is CC.COc1ccc(Cn2nc(C(F)(F)F)cc2CN)cc1. The molecule has 122 valence electrons. The summed E-state index contributed by atoms with van der Waals surface area (Å²) >= 11 is 0. The van der Waals surface area contributed by atoms with Gasteiger partial charge in [0.25, 0.3) is 0 Å². The lowest BCUT2D eigenvalue weighted by Gasteiger charge is -2.07. The molecule has 0 saturated heterocycles. The van der Waals surface area contributed by atoms with E-state index in [0.717, 1.165) is 11.6 Å². The topological polar surface area (TPSA) is 53.1 Å². The maximum absolute atomic E-state index is 12.6. The number of halogens is 3. The maximum Gasteiger partial charge on any atom is 0.435 e. The average Bonchev–Trinajstić information content (AvgIpc) is 2.93. The first-order valence-electron chi connectivity index (χ1n) is 6.91. The van der Waals surface area contributed by atoms with Gasteiger partial charge in [-0.3, -0.25) is 4.68 Å². The van der Waals surface area contributed by atoms with Crippen LogP contribution in [0.2, 0.25) is 0 Å². The Morgan fingerprint density at radius 1 is 1.18 bits per heavy atom. The van der Waals surface area contributed by atoms with Crippen LogP contribution in [0.4, 0.5) is 13.2 Å². The highest BCUT2D eigenvalue weighted by Crippen LogP contribution is 2.28. The minimum absolute atomic E-state index is 0.000759. The quantitative estimate of drug-likeness (QED) is 0.940. The lowest BCUT2D eigenvalue weighted by molar-refractivity contribution is -0.141. The van der Waals surface area contributed by atoms with Crippen LogP contribution in [0, 0.1) is 0 Å². The highest BCUT2D eigenvalue weighted by Gasteiger charge is 2.34. The first-order chi connectivity index (χ1) is 10.4. The Hall–Kier alpha value is -2.02. The van der Waals surface area contributed by atoms with Gasteiger partial charge in [0.05, 0.1) is 19.3 Å². The minimum atomic E-state index is -4.46. The summed E-state index contributed by atoms with van der Waals surface area (Å²) in [5.41, 5.74) is 5.69. The normalized spacial score (nSPS) is 10.9. The standard InChI is InChI=1S/C13H14F3N3O.C2H6/c1-20-11-4-2-9(3-5-11)8-19-10(7-17)6-12(18-19)13(14,15)16;1-2/h2-6H,7-8,17H2,1H3;1-2H3. The monoisotopic (exact) mass is 315 g/mol. The minimum Gasteiger partial charge on any atom is -0.497 e. The van der Waals surface area contributed by atoms with Crippen molar-refractivity contribution in [1.82, 2.24) is 9.78 Å². The zero-order valence-corrected chi connectivity index (χ0v) is 12.8. The molecular formula is C15H20F3N3O. The van der Waals surface area contributed by atoms with Gasteiger partial charge in [-0.1, -0.05) is 26.0 Å². The van der Waals surface area contributed by atoms with Crippen LogP contribution in [-0.2, 0) is 19.3 Å². The number of aromatic nitrogens is 2. The van der Waals surface area contributed by atoms with Gasteiger partial charge in [0, 0.05) is 6.54 Å². The Bertz CT molecular complexity index is 577. The second-order valence-electron chi connectivity index (χ2n) is 4.23. The molecule has 0 aliphatic rings. The molecule has 0 fully saturated rings. The molecule has 22 heavy (non-hydrogen) atoms. The van der Waals surface area contributed by atoms with Gasteiger partial charge in [0.1, 0.15) is 5.75 Å². The number of hydrogen-bond donors (Lipinski definition) is 1. The van der Waals surface area contributed by atoms with Gasteiger partial charge in [-0.05, 0) is 23.8 Å². The molecule has 0 amide bonds. The van der Waals surface area contributed by atoms with Crippen molar-refractivity contribution in [2.24, 2.45) is 5.73 Å². The van der Waals surface area contributed by atoms with Crippen LogP contribution < -0.4 is 10.5 Å². The van der Waals surface area contributed by atoms with Gasteiger partial charge >= 0.3 is 6.18 Å². The van der Waals surface area contributed by atoms with E-state index in [1.807, 2.05) is 13.8 Å². The third kappa shape index (κ3) is 4.49. The number of alkyl halides is 3. The summed E-state index contributed by atoms with van der Waals surface area (Å²) in [7, 11) is 1.55. The third-order valence-electron chi connectivity index (χ3n) is 2.85. The highest BCUT2D eigenvalue weighted by atomic mass is 19.4. The van der Waals surface area contributed by atoms with E-state index >= 15 is 0 Å². The number of hydrogen-bond acceptors (Lipinski definition) is 3. The molecule has 7 heteroatoms. The lowest BCUT2D eigenvalue weighted by atomic mass is 10.2. The van der Waals surface area contributed by atoms with Crippen LogP contribution in [0.5, 0.6) is 5.75 Å². The smallest absolute Gasteiger partial charge is 0.435 e. The van der Waals surface area contributed by atoms with Crippen LogP contribution in [-0.4, -0.2) is 16.9 Å². The molecule has 2 rings (SSSR count).